The Morgan fingerprint density at radius 1 is 1.31 bits per heavy atom. The molecule has 0 amide bonds. The van der Waals surface area contributed by atoms with Crippen molar-refractivity contribution in [1.82, 2.24) is 10.2 Å². The average Bonchev–Trinajstić information content (AvgIpc) is 2.27. The van der Waals surface area contributed by atoms with Crippen LogP contribution in [0.25, 0.3) is 0 Å². The maximum atomic E-state index is 11.6. The van der Waals surface area contributed by atoms with Crippen molar-refractivity contribution < 1.29 is 8.42 Å². The van der Waals surface area contributed by atoms with Crippen LogP contribution in [0.1, 0.15) is 26.7 Å². The van der Waals surface area contributed by atoms with Gasteiger partial charge in [0.05, 0.1) is 5.75 Å². The lowest BCUT2D eigenvalue weighted by atomic mass is 10.1. The predicted octanol–water partition coefficient (Wildman–Crippen LogP) is 0.495. The minimum absolute atomic E-state index is 0.317. The number of nitrogens with zero attached hydrogens (tertiary/aromatic N) is 1. The Hall–Kier alpha value is -0.130. The van der Waals surface area contributed by atoms with Crippen molar-refractivity contribution >= 4 is 9.84 Å². The molecule has 16 heavy (non-hydrogen) atoms. The molecule has 1 saturated heterocycles. The lowest BCUT2D eigenvalue weighted by Gasteiger charge is -2.33. The Labute approximate surface area is 99.3 Å². The van der Waals surface area contributed by atoms with Crippen molar-refractivity contribution in [2.24, 2.45) is 0 Å². The summed E-state index contributed by atoms with van der Waals surface area (Å²) in [4.78, 5) is 2.26. The fraction of sp³-hybridized carbons (Fsp3) is 1.00. The zero-order valence-electron chi connectivity index (χ0n) is 10.4. The Balaban J connectivity index is 2.32. The van der Waals surface area contributed by atoms with Crippen molar-refractivity contribution in [3.05, 3.63) is 0 Å². The number of hydrogen-bond acceptors (Lipinski definition) is 4. The van der Waals surface area contributed by atoms with Crippen LogP contribution in [0.2, 0.25) is 0 Å². The van der Waals surface area contributed by atoms with Crippen LogP contribution in [0.15, 0.2) is 0 Å². The van der Waals surface area contributed by atoms with Gasteiger partial charge in [0, 0.05) is 38.0 Å². The first-order chi connectivity index (χ1) is 7.57. The molecule has 0 aromatic rings. The first-order valence-corrected chi connectivity index (χ1v) is 8.05. The summed E-state index contributed by atoms with van der Waals surface area (Å²) in [5, 5.41) is 3.43. The predicted molar refractivity (Wildman–Crippen MR) is 67.5 cm³/mol. The van der Waals surface area contributed by atoms with Gasteiger partial charge in [-0.2, -0.15) is 0 Å². The molecule has 0 radical (unpaired) electrons. The Morgan fingerprint density at radius 2 is 2.06 bits per heavy atom. The van der Waals surface area contributed by atoms with Crippen LogP contribution in [0, 0.1) is 0 Å². The number of piperazine rings is 1. The lowest BCUT2D eigenvalue weighted by Crippen LogP contribution is -2.51. The van der Waals surface area contributed by atoms with Crippen molar-refractivity contribution in [3.63, 3.8) is 0 Å². The monoisotopic (exact) mass is 248 g/mol. The summed E-state index contributed by atoms with van der Waals surface area (Å²) in [5.41, 5.74) is 0. The maximum Gasteiger partial charge on any atom is 0.151 e. The molecule has 1 unspecified atom stereocenters. The molecule has 1 N–H and O–H groups in total. The van der Waals surface area contributed by atoms with Gasteiger partial charge in [-0.25, -0.2) is 8.42 Å². The van der Waals surface area contributed by atoms with Crippen LogP contribution in [-0.4, -0.2) is 57.0 Å². The highest BCUT2D eigenvalue weighted by molar-refractivity contribution is 7.91. The number of hydrogen-bond donors (Lipinski definition) is 1. The second-order valence-corrected chi connectivity index (χ2v) is 6.82. The lowest BCUT2D eigenvalue weighted by molar-refractivity contribution is 0.207. The van der Waals surface area contributed by atoms with Crippen LogP contribution >= 0.6 is 0 Å². The quantitative estimate of drug-likeness (QED) is 0.743. The van der Waals surface area contributed by atoms with E-state index < -0.39 is 9.84 Å². The van der Waals surface area contributed by atoms with Gasteiger partial charge >= 0.3 is 0 Å². The first-order valence-electron chi connectivity index (χ1n) is 6.23. The molecule has 5 heteroatoms. The third kappa shape index (κ3) is 4.80. The van der Waals surface area contributed by atoms with Crippen molar-refractivity contribution in [1.29, 1.82) is 0 Å². The average molecular weight is 248 g/mol. The van der Waals surface area contributed by atoms with Crippen molar-refractivity contribution in [3.8, 4) is 0 Å². The van der Waals surface area contributed by atoms with Crippen LogP contribution < -0.4 is 5.32 Å². The third-order valence-electron chi connectivity index (χ3n) is 3.07. The van der Waals surface area contributed by atoms with E-state index in [2.05, 4.69) is 17.1 Å². The highest BCUT2D eigenvalue weighted by atomic mass is 32.2. The number of rotatable bonds is 6. The summed E-state index contributed by atoms with van der Waals surface area (Å²) in [6.45, 7) is 7.70. The van der Waals surface area contributed by atoms with E-state index in [0.29, 0.717) is 24.1 Å². The summed E-state index contributed by atoms with van der Waals surface area (Å²) in [5.74, 6) is 0.646. The number of nitrogens with one attached hydrogen (secondary N) is 1. The summed E-state index contributed by atoms with van der Waals surface area (Å²) in [6, 6.07) is 0.530. The summed E-state index contributed by atoms with van der Waals surface area (Å²) in [6.07, 6.45) is 1.83. The molecule has 1 aliphatic heterocycles. The normalized spacial score (nSPS) is 23.5. The highest BCUT2D eigenvalue weighted by Crippen LogP contribution is 2.03. The molecule has 1 heterocycles. The van der Waals surface area contributed by atoms with Gasteiger partial charge in [0.1, 0.15) is 0 Å². The molecule has 0 bridgehead atoms. The fourth-order valence-corrected chi connectivity index (χ4v) is 3.41. The minimum atomic E-state index is -2.82. The highest BCUT2D eigenvalue weighted by Gasteiger charge is 2.19. The smallest absolute Gasteiger partial charge is 0.151 e. The Bertz CT molecular complexity index is 290. The summed E-state index contributed by atoms with van der Waals surface area (Å²) < 4.78 is 23.2. The maximum absolute atomic E-state index is 11.6. The van der Waals surface area contributed by atoms with E-state index in [1.807, 2.05) is 6.92 Å². The van der Waals surface area contributed by atoms with E-state index in [0.717, 1.165) is 32.5 Å². The number of sulfone groups is 1. The van der Waals surface area contributed by atoms with Gasteiger partial charge in [-0.15, -0.1) is 0 Å². The van der Waals surface area contributed by atoms with Gasteiger partial charge in [0.2, 0.25) is 0 Å². The topological polar surface area (TPSA) is 49.4 Å². The minimum Gasteiger partial charge on any atom is -0.311 e. The molecular formula is C11H24N2O2S. The molecular weight excluding hydrogens is 224 g/mol. The first kappa shape index (κ1) is 13.9. The summed E-state index contributed by atoms with van der Waals surface area (Å²) >= 11 is 0. The van der Waals surface area contributed by atoms with E-state index in [-0.39, 0.29) is 0 Å². The molecule has 0 saturated carbocycles. The molecule has 1 atom stereocenters. The zero-order valence-corrected chi connectivity index (χ0v) is 11.2. The molecule has 4 nitrogen and oxygen atoms in total. The fourth-order valence-electron chi connectivity index (χ4n) is 2.05. The van der Waals surface area contributed by atoms with E-state index in [1.165, 1.54) is 0 Å². The van der Waals surface area contributed by atoms with Gasteiger partial charge < -0.3 is 5.32 Å². The molecule has 0 aliphatic carbocycles. The van der Waals surface area contributed by atoms with Gasteiger partial charge in [-0.05, 0) is 12.8 Å². The second-order valence-electron chi connectivity index (χ2n) is 4.51. The van der Waals surface area contributed by atoms with E-state index in [9.17, 15) is 8.42 Å². The standard InChI is InChI=1S/C11H24N2O2S/c1-3-8-16(14,15)9-7-13-6-5-12-11(4-2)10-13/h11-12H,3-10H2,1-2H3. The molecule has 1 fully saturated rings. The molecule has 1 rings (SSSR count). The van der Waals surface area contributed by atoms with Gasteiger partial charge in [-0.1, -0.05) is 13.8 Å². The second kappa shape index (κ2) is 6.57. The van der Waals surface area contributed by atoms with Crippen LogP contribution in [0.5, 0.6) is 0 Å². The molecule has 96 valence electrons. The molecule has 0 spiro atoms. The Kier molecular flexibility index (Phi) is 5.72. The van der Waals surface area contributed by atoms with Gasteiger partial charge in [-0.3, -0.25) is 4.90 Å². The van der Waals surface area contributed by atoms with E-state index in [4.69, 9.17) is 0 Å². The van der Waals surface area contributed by atoms with E-state index >= 15 is 0 Å². The van der Waals surface area contributed by atoms with Crippen molar-refractivity contribution in [2.45, 2.75) is 32.7 Å². The SMILES string of the molecule is CCCS(=O)(=O)CCN1CCNC(CC)C1. The van der Waals surface area contributed by atoms with Gasteiger partial charge in [0.25, 0.3) is 0 Å². The Morgan fingerprint density at radius 3 is 2.69 bits per heavy atom. The third-order valence-corrected chi connectivity index (χ3v) is 4.90. The largest absolute Gasteiger partial charge is 0.311 e. The zero-order chi connectivity index (χ0) is 12.0. The molecule has 1 aliphatic rings. The van der Waals surface area contributed by atoms with E-state index in [1.54, 1.807) is 0 Å². The van der Waals surface area contributed by atoms with Crippen molar-refractivity contribution in [2.75, 3.05) is 37.7 Å². The molecule has 0 aromatic heterocycles. The molecule has 0 aromatic carbocycles. The van der Waals surface area contributed by atoms with Crippen LogP contribution in [0.3, 0.4) is 0 Å². The summed E-state index contributed by atoms with van der Waals surface area (Å²) in [7, 11) is -2.82. The van der Waals surface area contributed by atoms with Gasteiger partial charge in [0.15, 0.2) is 9.84 Å². The van der Waals surface area contributed by atoms with Crippen LogP contribution in [0.4, 0.5) is 0 Å². The van der Waals surface area contributed by atoms with Crippen LogP contribution in [-0.2, 0) is 9.84 Å².